The van der Waals surface area contributed by atoms with Crippen LogP contribution < -0.4 is 5.32 Å². The predicted octanol–water partition coefficient (Wildman–Crippen LogP) is 3.14. The molecular weight excluding hydrogens is 233 g/mol. The van der Waals surface area contributed by atoms with Crippen LogP contribution in [0.25, 0.3) is 0 Å². The van der Waals surface area contributed by atoms with Gasteiger partial charge in [0.1, 0.15) is 5.82 Å². The number of hydrogen-bond acceptors (Lipinski definition) is 2. The fourth-order valence-corrected chi connectivity index (χ4v) is 1.57. The number of benzene rings is 2. The molecule has 0 saturated carbocycles. The van der Waals surface area contributed by atoms with E-state index in [1.165, 1.54) is 18.2 Å². The summed E-state index contributed by atoms with van der Waals surface area (Å²) in [6.07, 6.45) is 0. The van der Waals surface area contributed by atoms with Crippen molar-refractivity contribution >= 4 is 11.7 Å². The molecule has 0 heterocycles. The van der Waals surface area contributed by atoms with Crippen molar-refractivity contribution in [3.05, 3.63) is 65.5 Å². The molecule has 0 bridgehead atoms. The zero-order valence-electron chi connectivity index (χ0n) is 9.56. The van der Waals surface area contributed by atoms with Crippen LogP contribution in [0.5, 0.6) is 0 Å². The molecule has 0 unspecified atom stereocenters. The lowest BCUT2D eigenvalue weighted by Crippen LogP contribution is -2.02. The highest BCUT2D eigenvalue weighted by molar-refractivity contribution is 5.87. The number of nitrogens with one attached hydrogen (secondary N) is 1. The summed E-state index contributed by atoms with van der Waals surface area (Å²) in [5.41, 5.74) is 1.55. The van der Waals surface area contributed by atoms with Gasteiger partial charge in [-0.15, -0.1) is 0 Å². The summed E-state index contributed by atoms with van der Waals surface area (Å²) in [5.74, 6) is -1.22. The molecule has 0 saturated heterocycles. The molecule has 3 nitrogen and oxygen atoms in total. The largest absolute Gasteiger partial charge is 0.478 e. The number of halogens is 1. The van der Waals surface area contributed by atoms with E-state index in [9.17, 15) is 9.18 Å². The first-order valence-electron chi connectivity index (χ1n) is 5.47. The van der Waals surface area contributed by atoms with Crippen molar-refractivity contribution in [2.45, 2.75) is 6.54 Å². The Labute approximate surface area is 104 Å². The number of carboxylic acid groups (broad SMARTS) is 1. The smallest absolute Gasteiger partial charge is 0.335 e. The van der Waals surface area contributed by atoms with Crippen molar-refractivity contribution in [1.29, 1.82) is 0 Å². The Bertz CT molecular complexity index is 552. The number of aromatic carboxylic acids is 1. The van der Waals surface area contributed by atoms with Crippen molar-refractivity contribution in [3.8, 4) is 0 Å². The minimum atomic E-state index is -0.962. The Kier molecular flexibility index (Phi) is 3.57. The second kappa shape index (κ2) is 5.31. The third-order valence-electron chi connectivity index (χ3n) is 2.57. The molecule has 0 atom stereocenters. The van der Waals surface area contributed by atoms with Gasteiger partial charge in [-0.1, -0.05) is 18.2 Å². The number of carboxylic acids is 1. The molecule has 2 N–H and O–H groups in total. The van der Waals surface area contributed by atoms with Gasteiger partial charge < -0.3 is 10.4 Å². The summed E-state index contributed by atoms with van der Waals surface area (Å²) in [6.45, 7) is 0.360. The average molecular weight is 245 g/mol. The molecule has 0 fully saturated rings. The van der Waals surface area contributed by atoms with Crippen LogP contribution in [-0.2, 0) is 6.54 Å². The van der Waals surface area contributed by atoms with Crippen LogP contribution >= 0.6 is 0 Å². The van der Waals surface area contributed by atoms with Gasteiger partial charge in [0.2, 0.25) is 0 Å². The van der Waals surface area contributed by atoms with Gasteiger partial charge in [0, 0.05) is 17.8 Å². The van der Waals surface area contributed by atoms with E-state index < -0.39 is 5.97 Å². The summed E-state index contributed by atoms with van der Waals surface area (Å²) in [5, 5.41) is 11.8. The van der Waals surface area contributed by atoms with Crippen molar-refractivity contribution in [2.75, 3.05) is 5.32 Å². The van der Waals surface area contributed by atoms with Crippen molar-refractivity contribution in [1.82, 2.24) is 0 Å². The normalized spacial score (nSPS) is 10.1. The first-order chi connectivity index (χ1) is 8.66. The number of rotatable bonds is 4. The topological polar surface area (TPSA) is 49.3 Å². The summed E-state index contributed by atoms with van der Waals surface area (Å²) < 4.78 is 13.3. The zero-order valence-corrected chi connectivity index (χ0v) is 9.56. The summed E-state index contributed by atoms with van der Waals surface area (Å²) in [4.78, 5) is 10.7. The minimum absolute atomic E-state index is 0.228. The molecule has 2 aromatic carbocycles. The third kappa shape index (κ3) is 2.85. The molecule has 0 aromatic heterocycles. The highest BCUT2D eigenvalue weighted by Gasteiger charge is 2.03. The molecule has 2 aromatic rings. The van der Waals surface area contributed by atoms with Gasteiger partial charge in [-0.25, -0.2) is 9.18 Å². The van der Waals surface area contributed by atoms with E-state index in [0.29, 0.717) is 12.1 Å². The maximum Gasteiger partial charge on any atom is 0.335 e. The first kappa shape index (κ1) is 12.1. The van der Waals surface area contributed by atoms with E-state index in [1.54, 1.807) is 30.3 Å². The van der Waals surface area contributed by atoms with Crippen LogP contribution in [0.4, 0.5) is 10.1 Å². The average Bonchev–Trinajstić information content (AvgIpc) is 2.38. The van der Waals surface area contributed by atoms with Crippen LogP contribution in [0, 0.1) is 5.82 Å². The molecule has 18 heavy (non-hydrogen) atoms. The summed E-state index contributed by atoms with van der Waals surface area (Å²) >= 11 is 0. The molecule has 4 heteroatoms. The van der Waals surface area contributed by atoms with Gasteiger partial charge in [0.05, 0.1) is 5.56 Å². The molecule has 0 spiro atoms. The van der Waals surface area contributed by atoms with Gasteiger partial charge in [-0.2, -0.15) is 0 Å². The van der Waals surface area contributed by atoms with Crippen molar-refractivity contribution in [2.24, 2.45) is 0 Å². The van der Waals surface area contributed by atoms with E-state index in [1.807, 2.05) is 0 Å². The summed E-state index contributed by atoms with van der Waals surface area (Å²) in [6, 6.07) is 12.8. The van der Waals surface area contributed by atoms with E-state index in [2.05, 4.69) is 5.32 Å². The Hall–Kier alpha value is -2.36. The van der Waals surface area contributed by atoms with Gasteiger partial charge in [-0.3, -0.25) is 0 Å². The van der Waals surface area contributed by atoms with Crippen LogP contribution in [-0.4, -0.2) is 11.1 Å². The van der Waals surface area contributed by atoms with Crippen LogP contribution in [0.2, 0.25) is 0 Å². The fraction of sp³-hybridized carbons (Fsp3) is 0.0714. The minimum Gasteiger partial charge on any atom is -0.478 e. The van der Waals surface area contributed by atoms with Crippen LogP contribution in [0.15, 0.2) is 48.5 Å². The number of carbonyl (C=O) groups is 1. The maximum absolute atomic E-state index is 13.3. The van der Waals surface area contributed by atoms with E-state index in [4.69, 9.17) is 5.11 Å². The lowest BCUT2D eigenvalue weighted by molar-refractivity contribution is 0.0697. The maximum atomic E-state index is 13.3. The highest BCUT2D eigenvalue weighted by atomic mass is 19.1. The Morgan fingerprint density at radius 2 is 1.78 bits per heavy atom. The quantitative estimate of drug-likeness (QED) is 0.870. The number of anilines is 1. The van der Waals surface area contributed by atoms with E-state index in [0.717, 1.165) is 5.69 Å². The molecular formula is C14H12FNO2. The second-order valence-electron chi connectivity index (χ2n) is 3.83. The van der Waals surface area contributed by atoms with Crippen molar-refractivity contribution in [3.63, 3.8) is 0 Å². The second-order valence-corrected chi connectivity index (χ2v) is 3.83. The monoisotopic (exact) mass is 245 g/mol. The first-order valence-corrected chi connectivity index (χ1v) is 5.47. The molecule has 0 amide bonds. The predicted molar refractivity (Wildman–Crippen MR) is 67.1 cm³/mol. The standard InChI is InChI=1S/C14H12FNO2/c15-13-4-2-1-3-11(13)9-16-12-7-5-10(6-8-12)14(17)18/h1-8,16H,9H2,(H,17,18). The number of hydrogen-bond donors (Lipinski definition) is 2. The highest BCUT2D eigenvalue weighted by Crippen LogP contribution is 2.13. The fourth-order valence-electron chi connectivity index (χ4n) is 1.57. The third-order valence-corrected chi connectivity index (χ3v) is 2.57. The lowest BCUT2D eigenvalue weighted by atomic mass is 10.2. The van der Waals surface area contributed by atoms with Crippen LogP contribution in [0.1, 0.15) is 15.9 Å². The molecule has 0 radical (unpaired) electrons. The van der Waals surface area contributed by atoms with Gasteiger partial charge >= 0.3 is 5.97 Å². The van der Waals surface area contributed by atoms with Gasteiger partial charge in [-0.05, 0) is 30.3 Å². The van der Waals surface area contributed by atoms with Crippen molar-refractivity contribution < 1.29 is 14.3 Å². The Morgan fingerprint density at radius 3 is 2.39 bits per heavy atom. The van der Waals surface area contributed by atoms with Gasteiger partial charge in [0.25, 0.3) is 0 Å². The lowest BCUT2D eigenvalue weighted by Gasteiger charge is -2.07. The van der Waals surface area contributed by atoms with E-state index in [-0.39, 0.29) is 11.4 Å². The molecule has 0 aliphatic rings. The zero-order chi connectivity index (χ0) is 13.0. The van der Waals surface area contributed by atoms with E-state index >= 15 is 0 Å². The molecule has 0 aliphatic heterocycles. The molecule has 2 rings (SSSR count). The van der Waals surface area contributed by atoms with Gasteiger partial charge in [0.15, 0.2) is 0 Å². The SMILES string of the molecule is O=C(O)c1ccc(NCc2ccccc2F)cc1. The van der Waals surface area contributed by atoms with Crippen LogP contribution in [0.3, 0.4) is 0 Å². The molecule has 0 aliphatic carbocycles. The Morgan fingerprint density at radius 1 is 1.11 bits per heavy atom. The Balaban J connectivity index is 2.02. The summed E-state index contributed by atoms with van der Waals surface area (Å²) in [7, 11) is 0. The molecule has 92 valence electrons.